The zero-order chi connectivity index (χ0) is 16.5. The number of aromatic nitrogens is 4. The first-order valence-corrected chi connectivity index (χ1v) is 8.34. The Balaban J connectivity index is 1.58. The Morgan fingerprint density at radius 2 is 1.83 bits per heavy atom. The number of nitrogens with one attached hydrogen (secondary N) is 1. The van der Waals surface area contributed by atoms with Crippen LogP contribution in [0.2, 0.25) is 0 Å². The van der Waals surface area contributed by atoms with Crippen LogP contribution < -0.4 is 9.80 Å². The summed E-state index contributed by atoms with van der Waals surface area (Å²) < 4.78 is 0. The second-order valence-electron chi connectivity index (χ2n) is 6.29. The van der Waals surface area contributed by atoms with Crippen molar-refractivity contribution in [2.45, 2.75) is 32.2 Å². The second-order valence-corrected chi connectivity index (χ2v) is 6.29. The summed E-state index contributed by atoms with van der Waals surface area (Å²) in [4.78, 5) is 24.5. The lowest BCUT2D eigenvalue weighted by Crippen LogP contribution is -2.33. The Bertz CT molecular complexity index is 753. The van der Waals surface area contributed by atoms with E-state index in [1.54, 1.807) is 6.33 Å². The summed E-state index contributed by atoms with van der Waals surface area (Å²) >= 11 is 0. The number of piperidine rings is 1. The molecule has 0 unspecified atom stereocenters. The van der Waals surface area contributed by atoms with Crippen molar-refractivity contribution in [2.24, 2.45) is 0 Å². The number of carboxylic acid groups (broad SMARTS) is 1. The lowest BCUT2D eigenvalue weighted by Gasteiger charge is -2.30. The molecule has 4 rings (SSSR count). The largest absolute Gasteiger partial charge is 0.476 e. The standard InChI is InChI=1S/C16H20N6O2/c23-16(24)15-11-9-22(7-4-12(11)19-20-15)14-8-13(17-10-18-14)21-5-2-1-3-6-21/h8,10H,1-7,9H2,(H,19,20)(H,23,24). The average molecular weight is 328 g/mol. The molecule has 2 N–H and O–H groups in total. The van der Waals surface area contributed by atoms with Crippen LogP contribution in [-0.4, -0.2) is 50.9 Å². The number of fused-ring (bicyclic) bond motifs is 1. The molecule has 0 radical (unpaired) electrons. The van der Waals surface area contributed by atoms with Gasteiger partial charge in [-0.1, -0.05) is 0 Å². The van der Waals surface area contributed by atoms with E-state index in [1.165, 1.54) is 19.3 Å². The Kier molecular flexibility index (Phi) is 3.79. The molecule has 0 aromatic carbocycles. The molecule has 2 aromatic heterocycles. The minimum Gasteiger partial charge on any atom is -0.476 e. The van der Waals surface area contributed by atoms with E-state index in [2.05, 4.69) is 30.0 Å². The highest BCUT2D eigenvalue weighted by Crippen LogP contribution is 2.26. The van der Waals surface area contributed by atoms with E-state index in [1.807, 2.05) is 6.07 Å². The van der Waals surface area contributed by atoms with Crippen molar-refractivity contribution in [3.05, 3.63) is 29.3 Å². The van der Waals surface area contributed by atoms with E-state index in [0.717, 1.165) is 48.9 Å². The van der Waals surface area contributed by atoms with Crippen molar-refractivity contribution >= 4 is 17.6 Å². The van der Waals surface area contributed by atoms with Crippen LogP contribution in [0.3, 0.4) is 0 Å². The second kappa shape index (κ2) is 6.10. The van der Waals surface area contributed by atoms with Gasteiger partial charge in [-0.05, 0) is 19.3 Å². The Morgan fingerprint density at radius 1 is 1.08 bits per heavy atom. The number of H-pyrrole nitrogens is 1. The zero-order valence-corrected chi connectivity index (χ0v) is 13.4. The molecule has 0 spiro atoms. The smallest absolute Gasteiger partial charge is 0.356 e. The molecule has 2 aliphatic rings. The number of aromatic carboxylic acids is 1. The SMILES string of the molecule is O=C(O)c1n[nH]c2c1CN(c1cc(N3CCCCC3)ncn1)CC2. The van der Waals surface area contributed by atoms with Gasteiger partial charge in [0.2, 0.25) is 0 Å². The van der Waals surface area contributed by atoms with Gasteiger partial charge < -0.3 is 14.9 Å². The molecule has 0 saturated carbocycles. The van der Waals surface area contributed by atoms with Crippen LogP contribution >= 0.6 is 0 Å². The highest BCUT2D eigenvalue weighted by atomic mass is 16.4. The van der Waals surface area contributed by atoms with Crippen molar-refractivity contribution in [1.82, 2.24) is 20.2 Å². The maximum atomic E-state index is 11.3. The van der Waals surface area contributed by atoms with Crippen molar-refractivity contribution < 1.29 is 9.90 Å². The molecular formula is C16H20N6O2. The fraction of sp³-hybridized carbons (Fsp3) is 0.500. The zero-order valence-electron chi connectivity index (χ0n) is 13.4. The first-order chi connectivity index (χ1) is 11.7. The van der Waals surface area contributed by atoms with Gasteiger partial charge in [0.05, 0.1) is 0 Å². The molecule has 0 aliphatic carbocycles. The van der Waals surface area contributed by atoms with Crippen LogP contribution in [0.4, 0.5) is 11.6 Å². The maximum absolute atomic E-state index is 11.3. The third-order valence-electron chi connectivity index (χ3n) is 4.78. The lowest BCUT2D eigenvalue weighted by molar-refractivity contribution is 0.0689. The van der Waals surface area contributed by atoms with Crippen LogP contribution in [0, 0.1) is 0 Å². The summed E-state index contributed by atoms with van der Waals surface area (Å²) in [5.41, 5.74) is 1.78. The summed E-state index contributed by atoms with van der Waals surface area (Å²) in [6, 6.07) is 2.01. The highest BCUT2D eigenvalue weighted by Gasteiger charge is 2.26. The van der Waals surface area contributed by atoms with Gasteiger partial charge in [-0.15, -0.1) is 0 Å². The number of aromatic amines is 1. The van der Waals surface area contributed by atoms with Gasteiger partial charge in [0.25, 0.3) is 0 Å². The van der Waals surface area contributed by atoms with Crippen LogP contribution in [0.1, 0.15) is 41.0 Å². The summed E-state index contributed by atoms with van der Waals surface area (Å²) in [5, 5.41) is 16.0. The molecule has 0 amide bonds. The monoisotopic (exact) mass is 328 g/mol. The average Bonchev–Trinajstić information content (AvgIpc) is 3.06. The minimum atomic E-state index is -0.994. The minimum absolute atomic E-state index is 0.111. The number of carbonyl (C=O) groups is 1. The van der Waals surface area contributed by atoms with Gasteiger partial charge in [-0.25, -0.2) is 14.8 Å². The predicted molar refractivity (Wildman–Crippen MR) is 88.4 cm³/mol. The van der Waals surface area contributed by atoms with Crippen molar-refractivity contribution in [1.29, 1.82) is 0 Å². The number of anilines is 2. The molecule has 0 atom stereocenters. The van der Waals surface area contributed by atoms with Crippen molar-refractivity contribution in [3.63, 3.8) is 0 Å². The number of hydrogen-bond donors (Lipinski definition) is 2. The quantitative estimate of drug-likeness (QED) is 0.880. The summed E-state index contributed by atoms with van der Waals surface area (Å²) in [6.45, 7) is 3.35. The van der Waals surface area contributed by atoms with Crippen molar-refractivity contribution in [3.8, 4) is 0 Å². The Morgan fingerprint density at radius 3 is 2.58 bits per heavy atom. The molecule has 8 heteroatoms. The van der Waals surface area contributed by atoms with E-state index in [0.29, 0.717) is 6.54 Å². The molecule has 2 aliphatic heterocycles. The van der Waals surface area contributed by atoms with Gasteiger partial charge in [0.1, 0.15) is 18.0 Å². The van der Waals surface area contributed by atoms with Crippen LogP contribution in [-0.2, 0) is 13.0 Å². The first-order valence-electron chi connectivity index (χ1n) is 8.34. The molecule has 126 valence electrons. The summed E-state index contributed by atoms with van der Waals surface area (Å²) in [6.07, 6.45) is 6.01. The Hall–Kier alpha value is -2.64. The molecule has 8 nitrogen and oxygen atoms in total. The first kappa shape index (κ1) is 14.9. The van der Waals surface area contributed by atoms with Gasteiger partial charge in [-0.2, -0.15) is 5.10 Å². The topological polar surface area (TPSA) is 98.2 Å². The van der Waals surface area contributed by atoms with Gasteiger partial charge in [-0.3, -0.25) is 5.10 Å². The fourth-order valence-electron chi connectivity index (χ4n) is 3.47. The number of rotatable bonds is 3. The van der Waals surface area contributed by atoms with E-state index < -0.39 is 5.97 Å². The van der Waals surface area contributed by atoms with Gasteiger partial charge >= 0.3 is 5.97 Å². The van der Waals surface area contributed by atoms with Gasteiger partial charge in [0.15, 0.2) is 5.69 Å². The third-order valence-corrected chi connectivity index (χ3v) is 4.78. The van der Waals surface area contributed by atoms with Crippen LogP contribution in [0.15, 0.2) is 12.4 Å². The third kappa shape index (κ3) is 2.68. The summed E-state index contributed by atoms with van der Waals surface area (Å²) in [5.74, 6) is 0.802. The fourth-order valence-corrected chi connectivity index (χ4v) is 3.47. The van der Waals surface area contributed by atoms with Crippen LogP contribution in [0.5, 0.6) is 0 Å². The van der Waals surface area contributed by atoms with E-state index >= 15 is 0 Å². The maximum Gasteiger partial charge on any atom is 0.356 e. The predicted octanol–water partition coefficient (Wildman–Crippen LogP) is 1.45. The molecule has 1 fully saturated rings. The van der Waals surface area contributed by atoms with E-state index in [-0.39, 0.29) is 5.69 Å². The van der Waals surface area contributed by atoms with E-state index in [4.69, 9.17) is 0 Å². The van der Waals surface area contributed by atoms with E-state index in [9.17, 15) is 9.90 Å². The number of nitrogens with zero attached hydrogens (tertiary/aromatic N) is 5. The number of hydrogen-bond acceptors (Lipinski definition) is 6. The normalized spacial score (nSPS) is 17.7. The van der Waals surface area contributed by atoms with Crippen LogP contribution in [0.25, 0.3) is 0 Å². The Labute approximate surface area is 139 Å². The molecule has 1 saturated heterocycles. The molecular weight excluding hydrogens is 308 g/mol. The molecule has 0 bridgehead atoms. The highest BCUT2D eigenvalue weighted by molar-refractivity contribution is 5.87. The molecule has 24 heavy (non-hydrogen) atoms. The van der Waals surface area contributed by atoms with Crippen molar-refractivity contribution in [2.75, 3.05) is 29.4 Å². The molecule has 4 heterocycles. The number of carboxylic acids is 1. The lowest BCUT2D eigenvalue weighted by atomic mass is 10.1. The molecule has 2 aromatic rings. The summed E-state index contributed by atoms with van der Waals surface area (Å²) in [7, 11) is 0. The van der Waals surface area contributed by atoms with Gasteiger partial charge in [0, 0.05) is 49.9 Å².